The number of benzene rings is 2. The highest BCUT2D eigenvalue weighted by atomic mass is 35.5. The fraction of sp³-hybridized carbons (Fsp3) is 0.304. The molecule has 1 aliphatic rings. The molecule has 1 heterocycles. The summed E-state index contributed by atoms with van der Waals surface area (Å²) in [6, 6.07) is 9.51. The Labute approximate surface area is 183 Å². The van der Waals surface area contributed by atoms with Crippen molar-refractivity contribution in [1.29, 1.82) is 0 Å². The largest absolute Gasteiger partial charge is 0.506 e. The van der Waals surface area contributed by atoms with Gasteiger partial charge in [-0.25, -0.2) is 0 Å². The molecule has 7 heteroatoms. The van der Waals surface area contributed by atoms with E-state index in [1.54, 1.807) is 31.2 Å². The number of hydrogen-bond acceptors (Lipinski definition) is 3. The molecule has 156 valence electrons. The third-order valence-electron chi connectivity index (χ3n) is 6.06. The number of phenolic OH excluding ortho intramolecular Hbond substituents is 1. The van der Waals surface area contributed by atoms with E-state index in [9.17, 15) is 19.8 Å². The van der Waals surface area contributed by atoms with Gasteiger partial charge in [0.2, 0.25) is 0 Å². The minimum atomic E-state index is -0.919. The third kappa shape index (κ3) is 3.46. The Bertz CT molecular complexity index is 1140. The highest BCUT2D eigenvalue weighted by molar-refractivity contribution is 6.33. The molecule has 1 unspecified atom stereocenters. The van der Waals surface area contributed by atoms with E-state index >= 15 is 0 Å². The van der Waals surface area contributed by atoms with Gasteiger partial charge < -0.3 is 10.2 Å². The molecule has 0 bridgehead atoms. The second kappa shape index (κ2) is 7.97. The number of fused-ring (bicyclic) bond motifs is 1. The van der Waals surface area contributed by atoms with E-state index in [1.165, 1.54) is 16.7 Å². The Morgan fingerprint density at radius 1 is 1.10 bits per heavy atom. The van der Waals surface area contributed by atoms with Crippen LogP contribution in [0.4, 0.5) is 0 Å². The van der Waals surface area contributed by atoms with Crippen LogP contribution in [0.3, 0.4) is 0 Å². The molecule has 1 fully saturated rings. The van der Waals surface area contributed by atoms with Gasteiger partial charge in [-0.05, 0) is 67.6 Å². The summed E-state index contributed by atoms with van der Waals surface area (Å²) in [7, 11) is 0. The Hall–Kier alpha value is -2.50. The van der Waals surface area contributed by atoms with Crippen molar-refractivity contribution >= 4 is 46.0 Å². The van der Waals surface area contributed by atoms with Crippen LogP contribution in [-0.2, 0) is 4.79 Å². The number of nitrogens with zero attached hydrogens (tertiary/aromatic N) is 1. The summed E-state index contributed by atoms with van der Waals surface area (Å²) in [5.74, 6) is -2.13. The lowest BCUT2D eigenvalue weighted by atomic mass is 9.83. The zero-order valence-corrected chi connectivity index (χ0v) is 17.9. The Balaban J connectivity index is 1.98. The minimum Gasteiger partial charge on any atom is -0.506 e. The first-order chi connectivity index (χ1) is 14.3. The molecule has 1 aliphatic carbocycles. The third-order valence-corrected chi connectivity index (χ3v) is 6.62. The maximum atomic E-state index is 13.4. The monoisotopic (exact) mass is 445 g/mol. The molecule has 0 spiro atoms. The van der Waals surface area contributed by atoms with Gasteiger partial charge in [-0.3, -0.25) is 14.2 Å². The smallest absolute Gasteiger partial charge is 0.311 e. The molecule has 0 amide bonds. The molecule has 0 saturated heterocycles. The van der Waals surface area contributed by atoms with Gasteiger partial charge in [0.25, 0.3) is 5.91 Å². The number of hydrogen-bond donors (Lipinski definition) is 2. The zero-order valence-electron chi connectivity index (χ0n) is 16.4. The summed E-state index contributed by atoms with van der Waals surface area (Å²) in [6.07, 6.45) is 3.64. The van der Waals surface area contributed by atoms with Crippen LogP contribution in [0.2, 0.25) is 10.0 Å². The molecule has 0 radical (unpaired) electrons. The summed E-state index contributed by atoms with van der Waals surface area (Å²) < 4.78 is 1.49. The predicted molar refractivity (Wildman–Crippen MR) is 117 cm³/mol. The van der Waals surface area contributed by atoms with Crippen LogP contribution in [0.5, 0.6) is 5.75 Å². The molecular formula is C23H21Cl2NO4. The summed E-state index contributed by atoms with van der Waals surface area (Å²) in [5.41, 5.74) is 2.02. The summed E-state index contributed by atoms with van der Waals surface area (Å²) in [5, 5.41) is 21.5. The van der Waals surface area contributed by atoms with Crippen LogP contribution in [0, 0.1) is 12.8 Å². The van der Waals surface area contributed by atoms with E-state index in [-0.39, 0.29) is 22.6 Å². The number of aromatic hydroxyl groups is 1. The van der Waals surface area contributed by atoms with Gasteiger partial charge in [-0.1, -0.05) is 36.0 Å². The summed E-state index contributed by atoms with van der Waals surface area (Å²) >= 11 is 12.1. The van der Waals surface area contributed by atoms with Crippen molar-refractivity contribution < 1.29 is 19.8 Å². The van der Waals surface area contributed by atoms with Crippen molar-refractivity contribution in [3.63, 3.8) is 0 Å². The normalized spacial score (nSPS) is 15.6. The second-order valence-corrected chi connectivity index (χ2v) is 8.67. The Morgan fingerprint density at radius 3 is 2.33 bits per heavy atom. The van der Waals surface area contributed by atoms with Crippen LogP contribution < -0.4 is 0 Å². The summed E-state index contributed by atoms with van der Waals surface area (Å²) in [4.78, 5) is 25.7. The fourth-order valence-corrected chi connectivity index (χ4v) is 4.96. The van der Waals surface area contributed by atoms with Gasteiger partial charge >= 0.3 is 5.97 Å². The van der Waals surface area contributed by atoms with Gasteiger partial charge in [0.15, 0.2) is 0 Å². The average Bonchev–Trinajstić information content (AvgIpc) is 3.31. The fourth-order valence-electron chi connectivity index (χ4n) is 4.68. The molecule has 1 aromatic heterocycles. The van der Waals surface area contributed by atoms with Crippen LogP contribution in [0.25, 0.3) is 10.9 Å². The van der Waals surface area contributed by atoms with Crippen molar-refractivity contribution in [2.45, 2.75) is 38.5 Å². The van der Waals surface area contributed by atoms with E-state index in [1.807, 2.05) is 0 Å². The highest BCUT2D eigenvalue weighted by Crippen LogP contribution is 2.44. The number of phenols is 1. The van der Waals surface area contributed by atoms with Gasteiger partial charge in [0.1, 0.15) is 5.75 Å². The maximum absolute atomic E-state index is 13.4. The van der Waals surface area contributed by atoms with Crippen LogP contribution in [0.1, 0.15) is 53.2 Å². The van der Waals surface area contributed by atoms with Gasteiger partial charge in [0, 0.05) is 21.7 Å². The van der Waals surface area contributed by atoms with E-state index < -0.39 is 11.9 Å². The number of halogens is 2. The first-order valence-electron chi connectivity index (χ1n) is 9.86. The van der Waals surface area contributed by atoms with Crippen molar-refractivity contribution in [2.75, 3.05) is 0 Å². The topological polar surface area (TPSA) is 79.5 Å². The lowest BCUT2D eigenvalue weighted by Gasteiger charge is -2.20. The Kier molecular flexibility index (Phi) is 5.51. The van der Waals surface area contributed by atoms with Crippen molar-refractivity contribution in [2.24, 2.45) is 5.92 Å². The number of carbonyl (C=O) groups excluding carboxylic acids is 1. The molecule has 3 aromatic rings. The van der Waals surface area contributed by atoms with Crippen molar-refractivity contribution in [1.82, 2.24) is 4.57 Å². The van der Waals surface area contributed by atoms with Gasteiger partial charge in [-0.15, -0.1) is 0 Å². The lowest BCUT2D eigenvalue weighted by Crippen LogP contribution is -2.21. The molecule has 30 heavy (non-hydrogen) atoms. The summed E-state index contributed by atoms with van der Waals surface area (Å²) in [6.45, 7) is 1.75. The number of carbonyl (C=O) groups is 2. The number of aliphatic carboxylic acids is 1. The van der Waals surface area contributed by atoms with Gasteiger partial charge in [0.05, 0.1) is 16.5 Å². The maximum Gasteiger partial charge on any atom is 0.311 e. The quantitative estimate of drug-likeness (QED) is 0.515. The number of rotatable bonds is 4. The standard InChI is InChI=1S/C23H21Cl2NO4/c1-12-20(21(23(29)30)13-4-2-3-5-13)16-10-19(27)17(25)11-18(16)26(12)22(28)14-6-8-15(24)9-7-14/h6-11,13,21,27H,2-5H2,1H3,(H,29,30). The predicted octanol–water partition coefficient (Wildman–Crippen LogP) is 6.01. The number of carboxylic acids is 1. The lowest BCUT2D eigenvalue weighted by molar-refractivity contribution is -0.140. The molecule has 4 rings (SSSR count). The number of carboxylic acid groups (broad SMARTS) is 1. The zero-order chi connectivity index (χ0) is 21.6. The second-order valence-electron chi connectivity index (χ2n) is 7.83. The van der Waals surface area contributed by atoms with Crippen LogP contribution in [-0.4, -0.2) is 26.7 Å². The van der Waals surface area contributed by atoms with Crippen LogP contribution in [0.15, 0.2) is 36.4 Å². The molecule has 0 aliphatic heterocycles. The molecule has 1 saturated carbocycles. The van der Waals surface area contributed by atoms with Crippen molar-refractivity contribution in [3.05, 3.63) is 63.3 Å². The SMILES string of the molecule is Cc1c(C(C(=O)O)C2CCCC2)c2cc(O)c(Cl)cc2n1C(=O)c1ccc(Cl)cc1. The minimum absolute atomic E-state index is 0.0105. The molecule has 2 aromatic carbocycles. The first-order valence-corrected chi connectivity index (χ1v) is 10.6. The number of aromatic nitrogens is 1. The first kappa shape index (κ1) is 20.8. The van der Waals surface area contributed by atoms with Crippen LogP contribution >= 0.6 is 23.2 Å². The molecular weight excluding hydrogens is 425 g/mol. The van der Waals surface area contributed by atoms with Crippen molar-refractivity contribution in [3.8, 4) is 5.75 Å². The van der Waals surface area contributed by atoms with E-state index in [0.717, 1.165) is 25.7 Å². The van der Waals surface area contributed by atoms with E-state index in [2.05, 4.69) is 0 Å². The average molecular weight is 446 g/mol. The molecule has 1 atom stereocenters. The van der Waals surface area contributed by atoms with Gasteiger partial charge in [-0.2, -0.15) is 0 Å². The van der Waals surface area contributed by atoms with E-state index in [0.29, 0.717) is 32.7 Å². The molecule has 5 nitrogen and oxygen atoms in total. The Morgan fingerprint density at radius 2 is 1.73 bits per heavy atom. The highest BCUT2D eigenvalue weighted by Gasteiger charge is 2.36. The van der Waals surface area contributed by atoms with E-state index in [4.69, 9.17) is 23.2 Å². The molecule has 2 N–H and O–H groups in total.